The Balaban J connectivity index is 1.68. The molecule has 1 saturated carbocycles. The molecule has 1 saturated heterocycles. The van der Waals surface area contributed by atoms with Crippen LogP contribution in [0.1, 0.15) is 24.1 Å². The van der Waals surface area contributed by atoms with Crippen LogP contribution in [0.25, 0.3) is 6.08 Å². The van der Waals surface area contributed by atoms with Crippen molar-refractivity contribution < 1.29 is 0 Å². The van der Waals surface area contributed by atoms with Crippen molar-refractivity contribution in [2.45, 2.75) is 25.3 Å². The van der Waals surface area contributed by atoms with Crippen LogP contribution in [-0.4, -0.2) is 12.6 Å². The van der Waals surface area contributed by atoms with E-state index < -0.39 is 0 Å². The Kier molecular flexibility index (Phi) is 3.18. The molecule has 1 aromatic heterocycles. The van der Waals surface area contributed by atoms with Gasteiger partial charge in [0.1, 0.15) is 0 Å². The molecular formula is C13H16BrNS. The topological polar surface area (TPSA) is 12.0 Å². The maximum atomic E-state index is 3.64. The van der Waals surface area contributed by atoms with Gasteiger partial charge in [0.15, 0.2) is 0 Å². The second-order valence-electron chi connectivity index (χ2n) is 4.82. The fourth-order valence-electron chi connectivity index (χ4n) is 3.06. The fraction of sp³-hybridized carbons (Fsp3) is 0.538. The number of thiophene rings is 1. The van der Waals surface area contributed by atoms with Crippen molar-refractivity contribution in [1.29, 1.82) is 0 Å². The van der Waals surface area contributed by atoms with E-state index in [2.05, 4.69) is 44.8 Å². The zero-order chi connectivity index (χ0) is 11.0. The van der Waals surface area contributed by atoms with Gasteiger partial charge in [0.2, 0.25) is 0 Å². The van der Waals surface area contributed by atoms with Gasteiger partial charge in [0, 0.05) is 20.8 Å². The average Bonchev–Trinajstić information content (AvgIpc) is 2.91. The summed E-state index contributed by atoms with van der Waals surface area (Å²) in [5.74, 6) is 1.85. The number of hydrogen-bond donors (Lipinski definition) is 1. The summed E-state index contributed by atoms with van der Waals surface area (Å²) in [7, 11) is 0. The second kappa shape index (κ2) is 4.63. The third-order valence-corrected chi connectivity index (χ3v) is 5.51. The summed E-state index contributed by atoms with van der Waals surface area (Å²) in [5, 5.41) is 5.78. The normalized spacial score (nSPS) is 33.7. The molecule has 1 aliphatic heterocycles. The Bertz CT molecular complexity index is 398. The number of nitrogens with one attached hydrogen (secondary N) is 1. The van der Waals surface area contributed by atoms with E-state index in [1.807, 2.05) is 0 Å². The highest BCUT2D eigenvalue weighted by Crippen LogP contribution is 2.38. The first-order valence-electron chi connectivity index (χ1n) is 5.98. The van der Waals surface area contributed by atoms with Gasteiger partial charge in [-0.25, -0.2) is 0 Å². The van der Waals surface area contributed by atoms with Crippen LogP contribution in [0.3, 0.4) is 0 Å². The molecule has 3 atom stereocenters. The monoisotopic (exact) mass is 297 g/mol. The lowest BCUT2D eigenvalue weighted by Gasteiger charge is -2.13. The predicted molar refractivity (Wildman–Crippen MR) is 73.7 cm³/mol. The van der Waals surface area contributed by atoms with Gasteiger partial charge in [0.05, 0.1) is 0 Å². The summed E-state index contributed by atoms with van der Waals surface area (Å²) in [5.41, 5.74) is 0. The van der Waals surface area contributed by atoms with Crippen LogP contribution >= 0.6 is 27.3 Å². The zero-order valence-corrected chi connectivity index (χ0v) is 11.6. The molecule has 0 aromatic carbocycles. The Labute approximate surface area is 109 Å². The molecule has 0 radical (unpaired) electrons. The minimum atomic E-state index is 0.619. The predicted octanol–water partition coefficient (Wildman–Crippen LogP) is 3.91. The van der Waals surface area contributed by atoms with Crippen LogP contribution in [0.15, 0.2) is 22.0 Å². The Morgan fingerprint density at radius 1 is 1.44 bits per heavy atom. The maximum Gasteiger partial charge on any atom is 0.0288 e. The summed E-state index contributed by atoms with van der Waals surface area (Å²) in [6, 6.07) is 2.80. The lowest BCUT2D eigenvalue weighted by Crippen LogP contribution is -2.23. The second-order valence-corrected chi connectivity index (χ2v) is 6.67. The standard InChI is InChI=1S/C13H16BrNS/c14-10-6-11(16-8-10)4-5-13-12-3-1-2-9(12)7-15-13/h4-6,8-9,12-13,15H,1-3,7H2/b5-4+. The molecule has 86 valence electrons. The fourth-order valence-corrected chi connectivity index (χ4v) is 4.40. The van der Waals surface area contributed by atoms with Gasteiger partial charge in [-0.3, -0.25) is 0 Å². The first-order valence-corrected chi connectivity index (χ1v) is 7.66. The Hall–Kier alpha value is -0.120. The summed E-state index contributed by atoms with van der Waals surface area (Å²) in [6.45, 7) is 1.23. The number of fused-ring (bicyclic) bond motifs is 1. The number of rotatable bonds is 2. The lowest BCUT2D eigenvalue weighted by molar-refractivity contribution is 0.456. The van der Waals surface area contributed by atoms with Crippen molar-refractivity contribution in [3.63, 3.8) is 0 Å². The van der Waals surface area contributed by atoms with Crippen molar-refractivity contribution in [2.75, 3.05) is 6.54 Å². The lowest BCUT2D eigenvalue weighted by atomic mass is 9.94. The molecule has 2 fully saturated rings. The number of hydrogen-bond acceptors (Lipinski definition) is 2. The van der Waals surface area contributed by atoms with Crippen molar-refractivity contribution >= 4 is 33.3 Å². The van der Waals surface area contributed by atoms with Gasteiger partial charge in [-0.1, -0.05) is 12.5 Å². The molecule has 1 aromatic rings. The van der Waals surface area contributed by atoms with Crippen LogP contribution in [0.5, 0.6) is 0 Å². The van der Waals surface area contributed by atoms with E-state index in [0.717, 1.165) is 11.8 Å². The molecular weight excluding hydrogens is 282 g/mol. The van der Waals surface area contributed by atoms with Gasteiger partial charge in [0.25, 0.3) is 0 Å². The van der Waals surface area contributed by atoms with Crippen LogP contribution in [0.4, 0.5) is 0 Å². The maximum absolute atomic E-state index is 3.64. The third-order valence-electron chi connectivity index (χ3n) is 3.85. The van der Waals surface area contributed by atoms with E-state index in [9.17, 15) is 0 Å². The molecule has 3 unspecified atom stereocenters. The quantitative estimate of drug-likeness (QED) is 0.873. The largest absolute Gasteiger partial charge is 0.310 e. The summed E-state index contributed by atoms with van der Waals surface area (Å²) in [4.78, 5) is 1.34. The van der Waals surface area contributed by atoms with Crippen LogP contribution in [0.2, 0.25) is 0 Å². The van der Waals surface area contributed by atoms with Gasteiger partial charge in [-0.05, 0) is 59.3 Å². The third kappa shape index (κ3) is 2.13. The molecule has 0 bridgehead atoms. The van der Waals surface area contributed by atoms with Crippen molar-refractivity contribution in [3.8, 4) is 0 Å². The molecule has 3 heteroatoms. The van der Waals surface area contributed by atoms with E-state index in [1.54, 1.807) is 11.3 Å². The highest BCUT2D eigenvalue weighted by Gasteiger charge is 2.37. The minimum absolute atomic E-state index is 0.619. The smallest absolute Gasteiger partial charge is 0.0288 e. The van der Waals surface area contributed by atoms with E-state index in [4.69, 9.17) is 0 Å². The molecule has 3 rings (SSSR count). The molecule has 1 aliphatic carbocycles. The van der Waals surface area contributed by atoms with Crippen LogP contribution < -0.4 is 5.32 Å². The Morgan fingerprint density at radius 3 is 3.19 bits per heavy atom. The van der Waals surface area contributed by atoms with Crippen molar-refractivity contribution in [1.82, 2.24) is 5.32 Å². The van der Waals surface area contributed by atoms with Crippen LogP contribution in [0, 0.1) is 11.8 Å². The average molecular weight is 298 g/mol. The molecule has 1 nitrogen and oxygen atoms in total. The summed E-state index contributed by atoms with van der Waals surface area (Å²) in [6.07, 6.45) is 8.93. The SMILES string of the molecule is Brc1csc(/C=C/C2NCC3CCCC32)c1. The molecule has 0 spiro atoms. The molecule has 0 amide bonds. The van der Waals surface area contributed by atoms with Crippen molar-refractivity contribution in [2.24, 2.45) is 11.8 Å². The molecule has 16 heavy (non-hydrogen) atoms. The first kappa shape index (κ1) is 11.0. The van der Waals surface area contributed by atoms with Gasteiger partial charge >= 0.3 is 0 Å². The van der Waals surface area contributed by atoms with E-state index in [0.29, 0.717) is 6.04 Å². The summed E-state index contributed by atoms with van der Waals surface area (Å²) < 4.78 is 1.19. The van der Waals surface area contributed by atoms with E-state index >= 15 is 0 Å². The van der Waals surface area contributed by atoms with E-state index in [-0.39, 0.29) is 0 Å². The molecule has 2 aliphatic rings. The molecule has 2 heterocycles. The Morgan fingerprint density at radius 2 is 2.38 bits per heavy atom. The van der Waals surface area contributed by atoms with E-state index in [1.165, 1.54) is 35.2 Å². The van der Waals surface area contributed by atoms with Gasteiger partial charge in [-0.15, -0.1) is 11.3 Å². The summed E-state index contributed by atoms with van der Waals surface area (Å²) >= 11 is 5.29. The first-order chi connectivity index (χ1) is 7.83. The zero-order valence-electron chi connectivity index (χ0n) is 9.16. The van der Waals surface area contributed by atoms with Gasteiger partial charge < -0.3 is 5.32 Å². The molecule has 1 N–H and O–H groups in total. The number of halogens is 1. The van der Waals surface area contributed by atoms with Crippen LogP contribution in [-0.2, 0) is 0 Å². The van der Waals surface area contributed by atoms with Crippen molar-refractivity contribution in [3.05, 3.63) is 26.9 Å². The minimum Gasteiger partial charge on any atom is -0.310 e. The highest BCUT2D eigenvalue weighted by molar-refractivity contribution is 9.10. The highest BCUT2D eigenvalue weighted by atomic mass is 79.9. The van der Waals surface area contributed by atoms with Gasteiger partial charge in [-0.2, -0.15) is 0 Å².